The largest absolute Gasteiger partial charge is 0.393 e. The summed E-state index contributed by atoms with van der Waals surface area (Å²) < 4.78 is 0. The van der Waals surface area contributed by atoms with Crippen LogP contribution in [0.5, 0.6) is 0 Å². The summed E-state index contributed by atoms with van der Waals surface area (Å²) in [5, 5.41) is 13.4. The van der Waals surface area contributed by atoms with Crippen LogP contribution in [0.2, 0.25) is 0 Å². The standard InChI is InChI=1S/C16H31NO/c1-12(2)13-4-3-5-14(7-6-13)17-15-8-10-16(18)11-9-15/h12-18H,3-11H2,1-2H3. The molecule has 2 atom stereocenters. The fourth-order valence-electron chi connectivity index (χ4n) is 3.74. The van der Waals surface area contributed by atoms with Crippen molar-refractivity contribution in [2.45, 2.75) is 89.8 Å². The van der Waals surface area contributed by atoms with Crippen molar-refractivity contribution < 1.29 is 5.11 Å². The molecule has 0 radical (unpaired) electrons. The van der Waals surface area contributed by atoms with Crippen molar-refractivity contribution in [1.82, 2.24) is 5.32 Å². The Hall–Kier alpha value is -0.0800. The molecule has 0 aromatic rings. The number of hydrogen-bond donors (Lipinski definition) is 2. The van der Waals surface area contributed by atoms with Crippen LogP contribution in [0.1, 0.15) is 71.6 Å². The van der Waals surface area contributed by atoms with Gasteiger partial charge in [-0.3, -0.25) is 0 Å². The summed E-state index contributed by atoms with van der Waals surface area (Å²) in [6.07, 6.45) is 11.3. The molecule has 2 unspecified atom stereocenters. The lowest BCUT2D eigenvalue weighted by atomic mass is 9.89. The normalized spacial score (nSPS) is 38.7. The van der Waals surface area contributed by atoms with Gasteiger partial charge in [0, 0.05) is 12.1 Å². The van der Waals surface area contributed by atoms with E-state index in [1.807, 2.05) is 0 Å². The molecule has 0 aromatic carbocycles. The fraction of sp³-hybridized carbons (Fsp3) is 1.00. The molecule has 2 rings (SSSR count). The molecule has 0 amide bonds. The molecule has 0 heterocycles. The Kier molecular flexibility index (Phi) is 5.50. The second-order valence-corrected chi connectivity index (χ2v) is 6.88. The molecule has 0 spiro atoms. The first-order valence-electron chi connectivity index (χ1n) is 8.09. The molecule has 2 heteroatoms. The lowest BCUT2D eigenvalue weighted by molar-refractivity contribution is 0.113. The Morgan fingerprint density at radius 2 is 1.44 bits per heavy atom. The van der Waals surface area contributed by atoms with Gasteiger partial charge in [-0.15, -0.1) is 0 Å². The van der Waals surface area contributed by atoms with Gasteiger partial charge in [0.25, 0.3) is 0 Å². The third kappa shape index (κ3) is 4.24. The Bertz CT molecular complexity index is 233. The van der Waals surface area contributed by atoms with E-state index in [1.165, 1.54) is 44.9 Å². The van der Waals surface area contributed by atoms with Crippen LogP contribution in [0.4, 0.5) is 0 Å². The van der Waals surface area contributed by atoms with Crippen molar-refractivity contribution in [3.8, 4) is 0 Å². The van der Waals surface area contributed by atoms with Crippen molar-refractivity contribution in [1.29, 1.82) is 0 Å². The fourth-order valence-corrected chi connectivity index (χ4v) is 3.74. The van der Waals surface area contributed by atoms with Gasteiger partial charge in [0.1, 0.15) is 0 Å². The van der Waals surface area contributed by atoms with Crippen LogP contribution < -0.4 is 5.32 Å². The van der Waals surface area contributed by atoms with E-state index in [1.54, 1.807) is 0 Å². The molecule has 2 fully saturated rings. The number of hydrogen-bond acceptors (Lipinski definition) is 2. The van der Waals surface area contributed by atoms with Gasteiger partial charge in [0.05, 0.1) is 6.10 Å². The second kappa shape index (κ2) is 6.91. The highest BCUT2D eigenvalue weighted by Gasteiger charge is 2.25. The van der Waals surface area contributed by atoms with Gasteiger partial charge in [-0.25, -0.2) is 0 Å². The molecule has 0 aliphatic heterocycles. The average Bonchev–Trinajstić information content (AvgIpc) is 2.58. The zero-order valence-corrected chi connectivity index (χ0v) is 12.2. The van der Waals surface area contributed by atoms with Crippen LogP contribution in [0.15, 0.2) is 0 Å². The molecule has 18 heavy (non-hydrogen) atoms. The molecule has 2 N–H and O–H groups in total. The van der Waals surface area contributed by atoms with Gasteiger partial charge in [-0.1, -0.05) is 26.7 Å². The van der Waals surface area contributed by atoms with Crippen molar-refractivity contribution in [3.63, 3.8) is 0 Å². The topological polar surface area (TPSA) is 32.3 Å². The first-order chi connectivity index (χ1) is 8.65. The van der Waals surface area contributed by atoms with E-state index in [0.717, 1.165) is 30.7 Å². The average molecular weight is 253 g/mol. The first kappa shape index (κ1) is 14.3. The van der Waals surface area contributed by atoms with Crippen molar-refractivity contribution in [2.24, 2.45) is 11.8 Å². The first-order valence-corrected chi connectivity index (χ1v) is 8.09. The minimum Gasteiger partial charge on any atom is -0.393 e. The quantitative estimate of drug-likeness (QED) is 0.755. The summed E-state index contributed by atoms with van der Waals surface area (Å²) in [7, 11) is 0. The zero-order chi connectivity index (χ0) is 13.0. The van der Waals surface area contributed by atoms with Crippen LogP contribution in [0.3, 0.4) is 0 Å². The maximum absolute atomic E-state index is 9.55. The smallest absolute Gasteiger partial charge is 0.0541 e. The van der Waals surface area contributed by atoms with E-state index in [2.05, 4.69) is 19.2 Å². The molecule has 2 saturated carbocycles. The monoisotopic (exact) mass is 253 g/mol. The van der Waals surface area contributed by atoms with E-state index < -0.39 is 0 Å². The molecular weight excluding hydrogens is 222 g/mol. The highest BCUT2D eigenvalue weighted by atomic mass is 16.3. The van der Waals surface area contributed by atoms with Crippen molar-refractivity contribution >= 4 is 0 Å². The highest BCUT2D eigenvalue weighted by molar-refractivity contribution is 4.82. The summed E-state index contributed by atoms with van der Waals surface area (Å²) >= 11 is 0. The Morgan fingerprint density at radius 3 is 2.11 bits per heavy atom. The van der Waals surface area contributed by atoms with Crippen LogP contribution in [-0.4, -0.2) is 23.3 Å². The Morgan fingerprint density at radius 1 is 0.833 bits per heavy atom. The summed E-state index contributed by atoms with van der Waals surface area (Å²) in [6.45, 7) is 4.75. The minimum absolute atomic E-state index is 0.0255. The molecule has 2 aliphatic carbocycles. The number of aliphatic hydroxyl groups is 1. The highest BCUT2D eigenvalue weighted by Crippen LogP contribution is 2.29. The van der Waals surface area contributed by atoms with Crippen LogP contribution >= 0.6 is 0 Å². The van der Waals surface area contributed by atoms with Crippen molar-refractivity contribution in [3.05, 3.63) is 0 Å². The predicted octanol–water partition coefficient (Wildman–Crippen LogP) is 3.48. The minimum atomic E-state index is -0.0255. The van der Waals surface area contributed by atoms with Gasteiger partial charge in [-0.2, -0.15) is 0 Å². The molecule has 0 bridgehead atoms. The second-order valence-electron chi connectivity index (χ2n) is 6.88. The van der Waals surface area contributed by atoms with E-state index in [4.69, 9.17) is 0 Å². The molecule has 0 aromatic heterocycles. The van der Waals surface area contributed by atoms with Gasteiger partial charge in [0.2, 0.25) is 0 Å². The molecule has 106 valence electrons. The third-order valence-corrected chi connectivity index (χ3v) is 5.12. The van der Waals surface area contributed by atoms with Crippen LogP contribution in [0, 0.1) is 11.8 Å². The maximum atomic E-state index is 9.55. The molecular formula is C16H31NO. The maximum Gasteiger partial charge on any atom is 0.0541 e. The van der Waals surface area contributed by atoms with E-state index in [-0.39, 0.29) is 6.10 Å². The van der Waals surface area contributed by atoms with E-state index in [9.17, 15) is 5.11 Å². The Labute approximate surface area is 113 Å². The zero-order valence-electron chi connectivity index (χ0n) is 12.2. The SMILES string of the molecule is CC(C)C1CCCC(NC2CCC(O)CC2)CC1. The van der Waals surface area contributed by atoms with E-state index in [0.29, 0.717) is 6.04 Å². The lowest BCUT2D eigenvalue weighted by Gasteiger charge is -2.30. The van der Waals surface area contributed by atoms with Crippen LogP contribution in [0.25, 0.3) is 0 Å². The summed E-state index contributed by atoms with van der Waals surface area (Å²) in [5.41, 5.74) is 0. The molecule has 0 saturated heterocycles. The predicted molar refractivity (Wildman–Crippen MR) is 76.6 cm³/mol. The van der Waals surface area contributed by atoms with Crippen molar-refractivity contribution in [2.75, 3.05) is 0 Å². The van der Waals surface area contributed by atoms with Gasteiger partial charge < -0.3 is 10.4 Å². The van der Waals surface area contributed by atoms with Gasteiger partial charge in [-0.05, 0) is 56.8 Å². The van der Waals surface area contributed by atoms with E-state index >= 15 is 0 Å². The summed E-state index contributed by atoms with van der Waals surface area (Å²) in [6, 6.07) is 1.42. The van der Waals surface area contributed by atoms with Crippen LogP contribution in [-0.2, 0) is 0 Å². The Balaban J connectivity index is 1.73. The third-order valence-electron chi connectivity index (χ3n) is 5.12. The number of nitrogens with one attached hydrogen (secondary N) is 1. The summed E-state index contributed by atoms with van der Waals surface area (Å²) in [4.78, 5) is 0. The number of aliphatic hydroxyl groups excluding tert-OH is 1. The molecule has 2 aliphatic rings. The lowest BCUT2D eigenvalue weighted by Crippen LogP contribution is -2.41. The summed E-state index contributed by atoms with van der Waals surface area (Å²) in [5.74, 6) is 1.80. The van der Waals surface area contributed by atoms with Gasteiger partial charge >= 0.3 is 0 Å². The van der Waals surface area contributed by atoms with Gasteiger partial charge in [0.15, 0.2) is 0 Å². The number of rotatable bonds is 3. The molecule has 2 nitrogen and oxygen atoms in total.